The maximum atomic E-state index is 5.76. The smallest absolute Gasteiger partial charge is 0.223 e. The summed E-state index contributed by atoms with van der Waals surface area (Å²) >= 11 is 0. The molecule has 0 bridgehead atoms. The molecule has 0 radical (unpaired) electrons. The van der Waals surface area contributed by atoms with Crippen molar-refractivity contribution in [2.24, 2.45) is 0 Å². The van der Waals surface area contributed by atoms with Crippen LogP contribution in [0.5, 0.6) is 0 Å². The van der Waals surface area contributed by atoms with Crippen molar-refractivity contribution in [2.75, 3.05) is 12.3 Å². The maximum absolute atomic E-state index is 5.76. The minimum Gasteiger partial charge on any atom is -0.368 e. The minimum absolute atomic E-state index is 0.238. The molecule has 1 atom stereocenters. The van der Waals surface area contributed by atoms with Crippen LogP contribution in [0.4, 0.5) is 5.95 Å². The van der Waals surface area contributed by atoms with Crippen LogP contribution in [-0.4, -0.2) is 21.6 Å². The van der Waals surface area contributed by atoms with Crippen LogP contribution < -0.4 is 5.73 Å². The molecule has 0 fully saturated rings. The van der Waals surface area contributed by atoms with Gasteiger partial charge < -0.3 is 10.5 Å². The standard InChI is InChI=1S/C14H18N4O/c1-3-11-16-13(18-14(15)17-11)12(19-4-2)10-8-6-5-7-9-10/h5-9,12H,3-4H2,1-2H3,(H2,15,16,17,18). The monoisotopic (exact) mass is 258 g/mol. The predicted molar refractivity (Wildman–Crippen MR) is 73.5 cm³/mol. The highest BCUT2D eigenvalue weighted by molar-refractivity contribution is 5.26. The van der Waals surface area contributed by atoms with Gasteiger partial charge in [-0.15, -0.1) is 0 Å². The molecule has 0 aliphatic rings. The summed E-state index contributed by atoms with van der Waals surface area (Å²) in [5, 5.41) is 0. The van der Waals surface area contributed by atoms with Crippen molar-refractivity contribution in [3.63, 3.8) is 0 Å². The van der Waals surface area contributed by atoms with Crippen LogP contribution in [0.15, 0.2) is 30.3 Å². The molecule has 5 nitrogen and oxygen atoms in total. The molecule has 2 aromatic rings. The molecule has 0 aliphatic heterocycles. The molecule has 100 valence electrons. The molecule has 2 rings (SSSR count). The van der Waals surface area contributed by atoms with Gasteiger partial charge in [-0.25, -0.2) is 4.98 Å². The fraction of sp³-hybridized carbons (Fsp3) is 0.357. The summed E-state index contributed by atoms with van der Waals surface area (Å²) in [4.78, 5) is 12.7. The number of nitrogen functional groups attached to an aromatic ring is 1. The third-order valence-electron chi connectivity index (χ3n) is 2.70. The Morgan fingerprint density at radius 3 is 2.47 bits per heavy atom. The topological polar surface area (TPSA) is 73.9 Å². The second-order valence-corrected chi connectivity index (χ2v) is 4.07. The number of hydrogen-bond acceptors (Lipinski definition) is 5. The fourth-order valence-corrected chi connectivity index (χ4v) is 1.85. The van der Waals surface area contributed by atoms with Gasteiger partial charge in [0.2, 0.25) is 5.95 Å². The summed E-state index contributed by atoms with van der Waals surface area (Å²) in [5.74, 6) is 1.49. The van der Waals surface area contributed by atoms with Crippen LogP contribution in [0, 0.1) is 0 Å². The molecular formula is C14H18N4O. The first-order valence-corrected chi connectivity index (χ1v) is 6.41. The van der Waals surface area contributed by atoms with Crippen LogP contribution in [0.1, 0.15) is 37.2 Å². The SMILES string of the molecule is CCOC(c1ccccc1)c1nc(N)nc(CC)n1. The van der Waals surface area contributed by atoms with Crippen molar-refractivity contribution in [1.29, 1.82) is 0 Å². The summed E-state index contributed by atoms with van der Waals surface area (Å²) in [7, 11) is 0. The van der Waals surface area contributed by atoms with Gasteiger partial charge in [0.05, 0.1) is 0 Å². The number of nitrogens with zero attached hydrogens (tertiary/aromatic N) is 3. The molecule has 0 saturated heterocycles. The number of benzene rings is 1. The Labute approximate surface area is 112 Å². The number of nitrogens with two attached hydrogens (primary N) is 1. The van der Waals surface area contributed by atoms with E-state index in [0.29, 0.717) is 24.7 Å². The minimum atomic E-state index is -0.304. The average molecular weight is 258 g/mol. The van der Waals surface area contributed by atoms with Gasteiger partial charge in [-0.05, 0) is 12.5 Å². The molecule has 0 spiro atoms. The van der Waals surface area contributed by atoms with E-state index in [2.05, 4.69) is 15.0 Å². The summed E-state index contributed by atoms with van der Waals surface area (Å²) in [6.07, 6.45) is 0.412. The van der Waals surface area contributed by atoms with Gasteiger partial charge in [-0.3, -0.25) is 0 Å². The molecule has 1 heterocycles. The number of hydrogen-bond donors (Lipinski definition) is 1. The summed E-state index contributed by atoms with van der Waals surface area (Å²) in [6, 6.07) is 9.88. The van der Waals surface area contributed by atoms with E-state index in [1.54, 1.807) is 0 Å². The van der Waals surface area contributed by atoms with E-state index >= 15 is 0 Å². The van der Waals surface area contributed by atoms with Crippen molar-refractivity contribution < 1.29 is 4.74 Å². The highest BCUT2D eigenvalue weighted by Gasteiger charge is 2.18. The molecule has 0 aliphatic carbocycles. The second-order valence-electron chi connectivity index (χ2n) is 4.07. The highest BCUT2D eigenvalue weighted by atomic mass is 16.5. The van der Waals surface area contributed by atoms with Crippen LogP contribution in [0.3, 0.4) is 0 Å². The normalized spacial score (nSPS) is 12.3. The van der Waals surface area contributed by atoms with E-state index in [1.165, 1.54) is 0 Å². The van der Waals surface area contributed by atoms with Crippen LogP contribution in [0.2, 0.25) is 0 Å². The largest absolute Gasteiger partial charge is 0.368 e. The first kappa shape index (κ1) is 13.4. The van der Waals surface area contributed by atoms with Gasteiger partial charge in [-0.1, -0.05) is 37.3 Å². The Hall–Kier alpha value is -2.01. The third-order valence-corrected chi connectivity index (χ3v) is 2.70. The van der Waals surface area contributed by atoms with E-state index in [4.69, 9.17) is 10.5 Å². The average Bonchev–Trinajstić information content (AvgIpc) is 2.45. The van der Waals surface area contributed by atoms with Crippen molar-refractivity contribution in [3.05, 3.63) is 47.5 Å². The molecule has 1 aromatic carbocycles. The molecule has 5 heteroatoms. The molecule has 1 aromatic heterocycles. The molecule has 0 amide bonds. The first-order chi connectivity index (χ1) is 9.24. The Kier molecular flexibility index (Phi) is 4.41. The zero-order chi connectivity index (χ0) is 13.7. The lowest BCUT2D eigenvalue weighted by atomic mass is 10.1. The van der Waals surface area contributed by atoms with E-state index < -0.39 is 0 Å². The summed E-state index contributed by atoms with van der Waals surface area (Å²) < 4.78 is 5.76. The lowest BCUT2D eigenvalue weighted by Gasteiger charge is -2.16. The summed E-state index contributed by atoms with van der Waals surface area (Å²) in [6.45, 7) is 4.50. The van der Waals surface area contributed by atoms with E-state index in [0.717, 1.165) is 5.56 Å². The Bertz CT molecular complexity index is 530. The number of ether oxygens (including phenoxy) is 1. The van der Waals surface area contributed by atoms with Gasteiger partial charge in [-0.2, -0.15) is 9.97 Å². The van der Waals surface area contributed by atoms with Crippen molar-refractivity contribution in [2.45, 2.75) is 26.4 Å². The molecular weight excluding hydrogens is 240 g/mol. The number of aromatic nitrogens is 3. The van der Waals surface area contributed by atoms with Gasteiger partial charge in [0.25, 0.3) is 0 Å². The van der Waals surface area contributed by atoms with Crippen molar-refractivity contribution in [1.82, 2.24) is 15.0 Å². The highest BCUT2D eigenvalue weighted by Crippen LogP contribution is 2.23. The third kappa shape index (κ3) is 3.26. The van der Waals surface area contributed by atoms with Gasteiger partial charge in [0.1, 0.15) is 11.9 Å². The zero-order valence-corrected chi connectivity index (χ0v) is 11.2. The second kappa shape index (κ2) is 6.24. The Morgan fingerprint density at radius 1 is 1.11 bits per heavy atom. The van der Waals surface area contributed by atoms with E-state index in [9.17, 15) is 0 Å². The Morgan fingerprint density at radius 2 is 1.84 bits per heavy atom. The number of rotatable bonds is 5. The Balaban J connectivity index is 2.41. The number of anilines is 1. The van der Waals surface area contributed by atoms with Gasteiger partial charge >= 0.3 is 0 Å². The van der Waals surface area contributed by atoms with Crippen molar-refractivity contribution >= 4 is 5.95 Å². The quantitative estimate of drug-likeness (QED) is 0.889. The molecule has 2 N–H and O–H groups in total. The first-order valence-electron chi connectivity index (χ1n) is 6.41. The van der Waals surface area contributed by atoms with Gasteiger partial charge in [0, 0.05) is 13.0 Å². The van der Waals surface area contributed by atoms with Crippen LogP contribution >= 0.6 is 0 Å². The zero-order valence-electron chi connectivity index (χ0n) is 11.2. The van der Waals surface area contributed by atoms with Crippen LogP contribution in [0.25, 0.3) is 0 Å². The van der Waals surface area contributed by atoms with Gasteiger partial charge in [0.15, 0.2) is 5.82 Å². The fourth-order valence-electron chi connectivity index (χ4n) is 1.85. The van der Waals surface area contributed by atoms with Crippen LogP contribution in [-0.2, 0) is 11.2 Å². The predicted octanol–water partition coefficient (Wildman–Crippen LogP) is 2.14. The number of aryl methyl sites for hydroxylation is 1. The lowest BCUT2D eigenvalue weighted by molar-refractivity contribution is 0.0849. The lowest BCUT2D eigenvalue weighted by Crippen LogP contribution is -2.14. The maximum Gasteiger partial charge on any atom is 0.223 e. The summed E-state index contributed by atoms with van der Waals surface area (Å²) in [5.41, 5.74) is 6.74. The van der Waals surface area contributed by atoms with Crippen molar-refractivity contribution in [3.8, 4) is 0 Å². The molecule has 1 unspecified atom stereocenters. The van der Waals surface area contributed by atoms with E-state index in [1.807, 2.05) is 44.2 Å². The van der Waals surface area contributed by atoms with E-state index in [-0.39, 0.29) is 12.1 Å². The molecule has 19 heavy (non-hydrogen) atoms. The molecule has 0 saturated carbocycles.